The zero-order chi connectivity index (χ0) is 8.67. The van der Waals surface area contributed by atoms with E-state index in [9.17, 15) is 0 Å². The number of thiophene rings is 1. The van der Waals surface area contributed by atoms with Crippen molar-refractivity contribution in [2.75, 3.05) is 6.54 Å². The lowest BCUT2D eigenvalue weighted by molar-refractivity contribution is 0.577. The first-order chi connectivity index (χ1) is 6.43. The van der Waals surface area contributed by atoms with Gasteiger partial charge >= 0.3 is 0 Å². The molecule has 0 aromatic carbocycles. The average molecular weight is 187 g/mol. The second-order valence-corrected chi connectivity index (χ2v) is 4.13. The highest BCUT2D eigenvalue weighted by Gasteiger charge is 2.09. The number of nitrogens with zero attached hydrogens (tertiary/aromatic N) is 1. The van der Waals surface area contributed by atoms with Gasteiger partial charge in [0.05, 0.1) is 0 Å². The number of hydrogen-bond acceptors (Lipinski definition) is 2. The quantitative estimate of drug-likeness (QED) is 0.586. The highest BCUT2D eigenvalue weighted by molar-refractivity contribution is 7.07. The monoisotopic (exact) mass is 187 g/mol. The van der Waals surface area contributed by atoms with Crippen LogP contribution in [0, 0.1) is 0 Å². The van der Waals surface area contributed by atoms with Crippen LogP contribution in [0.1, 0.15) is 0 Å². The minimum Gasteiger partial charge on any atom is -0.343 e. The molecule has 0 N–H and O–H groups in total. The number of allylic oxidation sites excluding steroid dienone is 3. The van der Waals surface area contributed by atoms with Gasteiger partial charge in [0.1, 0.15) is 0 Å². The summed E-state index contributed by atoms with van der Waals surface area (Å²) in [5, 5.41) is 3.49. The summed E-state index contributed by atoms with van der Waals surface area (Å²) in [5.74, 6) is 0. The van der Waals surface area contributed by atoms with E-state index >= 15 is 0 Å². The molecule has 3 heterocycles. The molecule has 1 aromatic heterocycles. The van der Waals surface area contributed by atoms with Crippen molar-refractivity contribution >= 4 is 23.6 Å². The van der Waals surface area contributed by atoms with Crippen molar-refractivity contribution in [1.29, 1.82) is 0 Å². The van der Waals surface area contributed by atoms with E-state index in [1.54, 1.807) is 11.3 Å². The van der Waals surface area contributed by atoms with Crippen LogP contribution in [-0.2, 0) is 0 Å². The maximum absolute atomic E-state index is 2.27. The highest BCUT2D eigenvalue weighted by Crippen LogP contribution is 2.13. The van der Waals surface area contributed by atoms with Crippen LogP contribution < -0.4 is 9.75 Å². The third-order valence-electron chi connectivity index (χ3n) is 2.34. The fourth-order valence-electron chi connectivity index (χ4n) is 1.66. The van der Waals surface area contributed by atoms with Gasteiger partial charge in [-0.3, -0.25) is 0 Å². The predicted octanol–water partition coefficient (Wildman–Crippen LogP) is 1.04. The van der Waals surface area contributed by atoms with Gasteiger partial charge in [-0.2, -0.15) is 0 Å². The van der Waals surface area contributed by atoms with Crippen molar-refractivity contribution in [3.05, 3.63) is 45.1 Å². The summed E-state index contributed by atoms with van der Waals surface area (Å²) in [7, 11) is 0. The summed E-state index contributed by atoms with van der Waals surface area (Å²) in [6.07, 6.45) is 10.9. The van der Waals surface area contributed by atoms with Crippen LogP contribution in [0.3, 0.4) is 0 Å². The Morgan fingerprint density at radius 1 is 1.38 bits per heavy atom. The Labute approximate surface area is 80.6 Å². The second kappa shape index (κ2) is 2.60. The Kier molecular flexibility index (Phi) is 1.43. The molecule has 13 heavy (non-hydrogen) atoms. The van der Waals surface area contributed by atoms with E-state index in [2.05, 4.69) is 46.9 Å². The van der Waals surface area contributed by atoms with Gasteiger partial charge in [0.2, 0.25) is 0 Å². The maximum Gasteiger partial charge on any atom is 0.0423 e. The van der Waals surface area contributed by atoms with Gasteiger partial charge in [0, 0.05) is 28.2 Å². The van der Waals surface area contributed by atoms with Crippen molar-refractivity contribution in [2.45, 2.75) is 0 Å². The molecule has 0 amide bonds. The SMILES string of the molecule is C1=CCN2C=c3ccsc3=CC2=C1. The van der Waals surface area contributed by atoms with Gasteiger partial charge in [-0.15, -0.1) is 11.3 Å². The summed E-state index contributed by atoms with van der Waals surface area (Å²) < 4.78 is 1.37. The lowest BCUT2D eigenvalue weighted by Crippen LogP contribution is -2.31. The number of fused-ring (bicyclic) bond motifs is 2. The first-order valence-corrected chi connectivity index (χ1v) is 5.22. The molecule has 2 aliphatic rings. The van der Waals surface area contributed by atoms with E-state index in [1.807, 2.05) is 0 Å². The minimum atomic E-state index is 0.998. The van der Waals surface area contributed by atoms with Gasteiger partial charge in [0.25, 0.3) is 0 Å². The first kappa shape index (κ1) is 7.15. The molecule has 0 saturated carbocycles. The Bertz CT molecular complexity index is 504. The van der Waals surface area contributed by atoms with Gasteiger partial charge in [-0.05, 0) is 23.6 Å². The summed E-state index contributed by atoms with van der Waals surface area (Å²) in [4.78, 5) is 2.27. The van der Waals surface area contributed by atoms with E-state index in [-0.39, 0.29) is 0 Å². The molecule has 2 aliphatic heterocycles. The van der Waals surface area contributed by atoms with E-state index in [0.717, 1.165) is 6.54 Å². The molecule has 2 heteroatoms. The lowest BCUT2D eigenvalue weighted by Gasteiger charge is -2.23. The van der Waals surface area contributed by atoms with Crippen LogP contribution in [0.5, 0.6) is 0 Å². The van der Waals surface area contributed by atoms with Crippen LogP contribution >= 0.6 is 11.3 Å². The summed E-state index contributed by atoms with van der Waals surface area (Å²) >= 11 is 1.80. The van der Waals surface area contributed by atoms with Crippen molar-refractivity contribution in [3.8, 4) is 0 Å². The topological polar surface area (TPSA) is 3.24 Å². The van der Waals surface area contributed by atoms with Crippen molar-refractivity contribution in [3.63, 3.8) is 0 Å². The second-order valence-electron chi connectivity index (χ2n) is 3.19. The van der Waals surface area contributed by atoms with Crippen LogP contribution in [0.2, 0.25) is 0 Å². The molecule has 1 nitrogen and oxygen atoms in total. The predicted molar refractivity (Wildman–Crippen MR) is 56.4 cm³/mol. The molecule has 0 unspecified atom stereocenters. The first-order valence-electron chi connectivity index (χ1n) is 4.34. The molecule has 0 saturated heterocycles. The van der Waals surface area contributed by atoms with E-state index < -0.39 is 0 Å². The number of rotatable bonds is 0. The fraction of sp³-hybridized carbons (Fsp3) is 0.0909. The van der Waals surface area contributed by atoms with E-state index in [1.165, 1.54) is 15.4 Å². The molecular formula is C11H9NS. The number of hydrogen-bond donors (Lipinski definition) is 0. The molecule has 3 rings (SSSR count). The Morgan fingerprint density at radius 3 is 3.38 bits per heavy atom. The fourth-order valence-corrected chi connectivity index (χ4v) is 2.46. The largest absolute Gasteiger partial charge is 0.343 e. The molecule has 0 atom stereocenters. The average Bonchev–Trinajstić information content (AvgIpc) is 2.61. The Balaban J connectivity index is 2.30. The molecule has 64 valence electrons. The van der Waals surface area contributed by atoms with Gasteiger partial charge < -0.3 is 4.90 Å². The lowest BCUT2D eigenvalue weighted by atomic mass is 10.2. The standard InChI is InChI=1S/C11H9NS/c1-2-5-12-8-9-4-6-13-11(9)7-10(12)3-1/h1-4,6-8H,5H2. The van der Waals surface area contributed by atoms with Gasteiger partial charge in [0.15, 0.2) is 0 Å². The van der Waals surface area contributed by atoms with Crippen LogP contribution in [0.15, 0.2) is 35.4 Å². The molecule has 1 aromatic rings. The summed E-state index contributed by atoms with van der Waals surface area (Å²) in [5.41, 5.74) is 1.30. The van der Waals surface area contributed by atoms with E-state index in [4.69, 9.17) is 0 Å². The van der Waals surface area contributed by atoms with Crippen molar-refractivity contribution in [2.24, 2.45) is 0 Å². The third-order valence-corrected chi connectivity index (χ3v) is 3.22. The molecule has 0 fully saturated rings. The zero-order valence-electron chi connectivity index (χ0n) is 7.10. The molecule has 0 aliphatic carbocycles. The van der Waals surface area contributed by atoms with Crippen molar-refractivity contribution < 1.29 is 0 Å². The smallest absolute Gasteiger partial charge is 0.0423 e. The molecule has 0 bridgehead atoms. The van der Waals surface area contributed by atoms with Crippen LogP contribution in [0.25, 0.3) is 12.3 Å². The summed E-state index contributed by atoms with van der Waals surface area (Å²) in [6, 6.07) is 2.17. The molecule has 0 spiro atoms. The minimum absolute atomic E-state index is 0.998. The highest BCUT2D eigenvalue weighted by atomic mass is 32.1. The van der Waals surface area contributed by atoms with E-state index in [0.29, 0.717) is 0 Å². The molecular weight excluding hydrogens is 178 g/mol. The normalized spacial score (nSPS) is 18.2. The molecule has 0 radical (unpaired) electrons. The Morgan fingerprint density at radius 2 is 2.38 bits per heavy atom. The Hall–Kier alpha value is -1.28. The van der Waals surface area contributed by atoms with Crippen LogP contribution in [0.4, 0.5) is 0 Å². The van der Waals surface area contributed by atoms with Gasteiger partial charge in [-0.1, -0.05) is 12.2 Å². The summed E-state index contributed by atoms with van der Waals surface area (Å²) in [6.45, 7) is 0.998. The zero-order valence-corrected chi connectivity index (χ0v) is 7.92. The van der Waals surface area contributed by atoms with Gasteiger partial charge in [-0.25, -0.2) is 0 Å². The van der Waals surface area contributed by atoms with Crippen LogP contribution in [-0.4, -0.2) is 11.4 Å². The maximum atomic E-state index is 2.27. The van der Waals surface area contributed by atoms with Crippen molar-refractivity contribution in [1.82, 2.24) is 4.90 Å². The third kappa shape index (κ3) is 1.06.